The van der Waals surface area contributed by atoms with Gasteiger partial charge in [-0.15, -0.1) is 0 Å². The molecular weight excluding hydrogens is 232 g/mol. The summed E-state index contributed by atoms with van der Waals surface area (Å²) in [7, 11) is 3.96. The fourth-order valence-electron chi connectivity index (χ4n) is 1.66. The average molecular weight is 262 g/mol. The smallest absolute Gasteiger partial charge is 0.0630 e. The first-order valence-electron chi connectivity index (χ1n) is 6.26. The molecule has 0 aliphatic rings. The van der Waals surface area contributed by atoms with Crippen molar-refractivity contribution >= 4 is 11.8 Å². The van der Waals surface area contributed by atoms with Gasteiger partial charge in [-0.3, -0.25) is 4.90 Å². The number of hydrogen-bond donors (Lipinski definition) is 1. The van der Waals surface area contributed by atoms with Crippen molar-refractivity contribution in [3.63, 3.8) is 0 Å². The molecule has 0 rings (SSSR count). The Kier molecular flexibility index (Phi) is 8.47. The van der Waals surface area contributed by atoms with E-state index < -0.39 is 0 Å². The third kappa shape index (κ3) is 8.03. The van der Waals surface area contributed by atoms with Gasteiger partial charge in [0, 0.05) is 37.0 Å². The average Bonchev–Trinajstić information content (AvgIpc) is 2.22. The number of thioether (sulfide) groups is 1. The van der Waals surface area contributed by atoms with Gasteiger partial charge >= 0.3 is 0 Å². The molecular formula is C13H30N2OS. The van der Waals surface area contributed by atoms with Crippen LogP contribution in [0.2, 0.25) is 0 Å². The Morgan fingerprint density at radius 2 is 1.94 bits per heavy atom. The molecule has 0 aliphatic carbocycles. The van der Waals surface area contributed by atoms with E-state index in [-0.39, 0.29) is 5.54 Å². The standard InChI is InChI=1S/C13H30N2OS/c1-11(10-17-7)15(5)12(9-16-6)8-14-13(2,3)4/h11-12,14H,8-10H2,1-7H3. The summed E-state index contributed by atoms with van der Waals surface area (Å²) in [5.74, 6) is 1.16. The molecule has 0 saturated carbocycles. The van der Waals surface area contributed by atoms with Crippen LogP contribution in [0.5, 0.6) is 0 Å². The molecule has 0 fully saturated rings. The number of nitrogens with zero attached hydrogens (tertiary/aromatic N) is 1. The van der Waals surface area contributed by atoms with Crippen molar-refractivity contribution in [3.05, 3.63) is 0 Å². The van der Waals surface area contributed by atoms with Gasteiger partial charge in [0.1, 0.15) is 0 Å². The Morgan fingerprint density at radius 1 is 1.35 bits per heavy atom. The minimum atomic E-state index is 0.162. The van der Waals surface area contributed by atoms with Gasteiger partial charge in [0.15, 0.2) is 0 Å². The van der Waals surface area contributed by atoms with Crippen LogP contribution < -0.4 is 5.32 Å². The molecule has 0 aromatic carbocycles. The second-order valence-electron chi connectivity index (χ2n) is 5.71. The van der Waals surface area contributed by atoms with Crippen LogP contribution in [0, 0.1) is 0 Å². The van der Waals surface area contributed by atoms with E-state index in [0.29, 0.717) is 12.1 Å². The van der Waals surface area contributed by atoms with E-state index >= 15 is 0 Å². The molecule has 0 bridgehead atoms. The van der Waals surface area contributed by atoms with Crippen molar-refractivity contribution in [1.82, 2.24) is 10.2 Å². The minimum Gasteiger partial charge on any atom is -0.383 e. The van der Waals surface area contributed by atoms with Gasteiger partial charge in [-0.25, -0.2) is 0 Å². The maximum atomic E-state index is 5.33. The Bertz CT molecular complexity index is 194. The number of likely N-dealkylation sites (N-methyl/N-ethyl adjacent to an activating group) is 1. The Morgan fingerprint density at radius 3 is 2.35 bits per heavy atom. The highest BCUT2D eigenvalue weighted by Crippen LogP contribution is 2.09. The van der Waals surface area contributed by atoms with Crippen molar-refractivity contribution in [2.24, 2.45) is 0 Å². The molecule has 0 spiro atoms. The van der Waals surface area contributed by atoms with Crippen LogP contribution in [0.25, 0.3) is 0 Å². The van der Waals surface area contributed by atoms with Crippen LogP contribution in [0.1, 0.15) is 27.7 Å². The van der Waals surface area contributed by atoms with E-state index in [1.165, 1.54) is 0 Å². The molecule has 0 aromatic heterocycles. The fraction of sp³-hybridized carbons (Fsp3) is 1.00. The van der Waals surface area contributed by atoms with Crippen LogP contribution in [-0.4, -0.2) is 61.8 Å². The lowest BCUT2D eigenvalue weighted by atomic mass is 10.1. The highest BCUT2D eigenvalue weighted by Gasteiger charge is 2.21. The second-order valence-corrected chi connectivity index (χ2v) is 6.62. The van der Waals surface area contributed by atoms with Crippen LogP contribution in [0.4, 0.5) is 0 Å². The fourth-order valence-corrected chi connectivity index (χ4v) is 2.37. The van der Waals surface area contributed by atoms with Crippen molar-refractivity contribution < 1.29 is 4.74 Å². The summed E-state index contributed by atoms with van der Waals surface area (Å²) < 4.78 is 5.33. The Hall–Kier alpha value is 0.230. The van der Waals surface area contributed by atoms with Gasteiger partial charge in [-0.1, -0.05) is 0 Å². The maximum Gasteiger partial charge on any atom is 0.0630 e. The van der Waals surface area contributed by atoms with Gasteiger partial charge in [-0.05, 0) is 41.0 Å². The van der Waals surface area contributed by atoms with Gasteiger partial charge in [0.25, 0.3) is 0 Å². The van der Waals surface area contributed by atoms with E-state index in [2.05, 4.69) is 51.2 Å². The van der Waals surface area contributed by atoms with Crippen molar-refractivity contribution in [1.29, 1.82) is 0 Å². The van der Waals surface area contributed by atoms with Crippen molar-refractivity contribution in [2.75, 3.05) is 39.3 Å². The molecule has 0 aliphatic heterocycles. The molecule has 2 atom stereocenters. The first-order valence-corrected chi connectivity index (χ1v) is 7.66. The van der Waals surface area contributed by atoms with Crippen molar-refractivity contribution in [2.45, 2.75) is 45.3 Å². The number of rotatable bonds is 8. The van der Waals surface area contributed by atoms with Gasteiger partial charge in [0.05, 0.1) is 6.61 Å². The number of ether oxygens (including phenoxy) is 1. The molecule has 0 aromatic rings. The van der Waals surface area contributed by atoms with E-state index in [1.54, 1.807) is 7.11 Å². The van der Waals surface area contributed by atoms with E-state index in [0.717, 1.165) is 18.9 Å². The lowest BCUT2D eigenvalue weighted by Crippen LogP contribution is -2.51. The summed E-state index contributed by atoms with van der Waals surface area (Å²) in [6.07, 6.45) is 2.16. The predicted molar refractivity (Wildman–Crippen MR) is 79.0 cm³/mol. The lowest BCUT2D eigenvalue weighted by molar-refractivity contribution is 0.0855. The summed E-state index contributed by atoms with van der Waals surface area (Å²) in [4.78, 5) is 2.42. The maximum absolute atomic E-state index is 5.33. The first-order chi connectivity index (χ1) is 7.81. The molecule has 0 radical (unpaired) electrons. The summed E-state index contributed by atoms with van der Waals surface area (Å²) in [6, 6.07) is 1.01. The highest BCUT2D eigenvalue weighted by molar-refractivity contribution is 7.98. The molecule has 1 N–H and O–H groups in total. The predicted octanol–water partition coefficient (Wildman–Crippen LogP) is 2.07. The topological polar surface area (TPSA) is 24.5 Å². The van der Waals surface area contributed by atoms with Crippen LogP contribution >= 0.6 is 11.8 Å². The number of hydrogen-bond acceptors (Lipinski definition) is 4. The Labute approximate surface area is 112 Å². The van der Waals surface area contributed by atoms with Gasteiger partial charge in [0.2, 0.25) is 0 Å². The normalized spacial score (nSPS) is 16.2. The molecule has 0 amide bonds. The third-order valence-corrected chi connectivity index (χ3v) is 3.72. The molecule has 0 saturated heterocycles. The van der Waals surface area contributed by atoms with Crippen LogP contribution in [0.3, 0.4) is 0 Å². The summed E-state index contributed by atoms with van der Waals surface area (Å²) >= 11 is 1.89. The molecule has 104 valence electrons. The molecule has 3 nitrogen and oxygen atoms in total. The summed E-state index contributed by atoms with van der Waals surface area (Å²) in [5.41, 5.74) is 0.162. The number of methoxy groups -OCH3 is 1. The van der Waals surface area contributed by atoms with Gasteiger partial charge in [-0.2, -0.15) is 11.8 Å². The monoisotopic (exact) mass is 262 g/mol. The molecule has 17 heavy (non-hydrogen) atoms. The third-order valence-electron chi connectivity index (χ3n) is 2.91. The Balaban J connectivity index is 4.29. The lowest BCUT2D eigenvalue weighted by Gasteiger charge is -2.34. The first kappa shape index (κ1) is 17.2. The van der Waals surface area contributed by atoms with Gasteiger partial charge < -0.3 is 10.1 Å². The van der Waals surface area contributed by atoms with Crippen LogP contribution in [0.15, 0.2) is 0 Å². The largest absolute Gasteiger partial charge is 0.383 e. The number of nitrogens with one attached hydrogen (secondary N) is 1. The molecule has 0 heterocycles. The van der Waals surface area contributed by atoms with Crippen LogP contribution in [-0.2, 0) is 4.74 Å². The minimum absolute atomic E-state index is 0.162. The SMILES string of the molecule is COCC(CNC(C)(C)C)N(C)C(C)CSC. The zero-order chi connectivity index (χ0) is 13.5. The zero-order valence-corrected chi connectivity index (χ0v) is 13.4. The van der Waals surface area contributed by atoms with E-state index in [4.69, 9.17) is 4.74 Å². The quantitative estimate of drug-likeness (QED) is 0.724. The summed E-state index contributed by atoms with van der Waals surface area (Å²) in [5, 5.41) is 3.56. The highest BCUT2D eigenvalue weighted by atomic mass is 32.2. The van der Waals surface area contributed by atoms with Crippen molar-refractivity contribution in [3.8, 4) is 0 Å². The van der Waals surface area contributed by atoms with E-state index in [9.17, 15) is 0 Å². The molecule has 2 unspecified atom stereocenters. The second kappa shape index (κ2) is 8.35. The molecule has 4 heteroatoms. The summed E-state index contributed by atoms with van der Waals surface area (Å²) in [6.45, 7) is 10.6. The van der Waals surface area contributed by atoms with E-state index in [1.807, 2.05) is 11.8 Å². The zero-order valence-electron chi connectivity index (χ0n) is 12.5.